The third kappa shape index (κ3) is 10.3. The number of carbonyl (C=O) groups excluding carboxylic acids is 1. The van der Waals surface area contributed by atoms with E-state index in [1.807, 2.05) is 69.3 Å². The minimum absolute atomic E-state index is 0. The average molecular weight is 554 g/mol. The fraction of sp³-hybridized carbons (Fsp3) is 0.417. The van der Waals surface area contributed by atoms with E-state index in [4.69, 9.17) is 4.74 Å². The SMILES string of the molecule is CCNC(=NCC(O)c1cccc(OC(C)C)c1)NCCc1ccc(NC(C)=O)cc1.I. The van der Waals surface area contributed by atoms with Crippen LogP contribution in [0, 0.1) is 0 Å². The molecule has 0 aliphatic rings. The number of hydrogen-bond donors (Lipinski definition) is 4. The predicted octanol–water partition coefficient (Wildman–Crippen LogP) is 3.88. The lowest BCUT2D eigenvalue weighted by molar-refractivity contribution is -0.114. The Labute approximate surface area is 208 Å². The molecule has 0 spiro atoms. The number of ether oxygens (including phenoxy) is 1. The third-order valence-electron chi connectivity index (χ3n) is 4.36. The maximum Gasteiger partial charge on any atom is 0.221 e. The summed E-state index contributed by atoms with van der Waals surface area (Å²) in [4.78, 5) is 15.6. The third-order valence-corrected chi connectivity index (χ3v) is 4.36. The zero-order valence-electron chi connectivity index (χ0n) is 19.2. The maximum atomic E-state index is 11.1. The fourth-order valence-corrected chi connectivity index (χ4v) is 2.98. The second-order valence-corrected chi connectivity index (χ2v) is 7.53. The monoisotopic (exact) mass is 554 g/mol. The van der Waals surface area contributed by atoms with Crippen molar-refractivity contribution in [1.82, 2.24) is 10.6 Å². The number of nitrogens with one attached hydrogen (secondary N) is 3. The van der Waals surface area contributed by atoms with Crippen molar-refractivity contribution in [2.45, 2.75) is 46.3 Å². The molecule has 0 aromatic heterocycles. The number of amides is 1. The van der Waals surface area contributed by atoms with Gasteiger partial charge in [-0.05, 0) is 62.6 Å². The van der Waals surface area contributed by atoms with Crippen LogP contribution in [0.25, 0.3) is 0 Å². The van der Waals surface area contributed by atoms with Crippen LogP contribution in [0.1, 0.15) is 44.9 Å². The van der Waals surface area contributed by atoms with E-state index in [0.29, 0.717) is 12.5 Å². The number of anilines is 1. The van der Waals surface area contributed by atoms with E-state index in [1.54, 1.807) is 0 Å². The Morgan fingerprint density at radius 3 is 2.47 bits per heavy atom. The molecule has 4 N–H and O–H groups in total. The molecule has 0 heterocycles. The predicted molar refractivity (Wildman–Crippen MR) is 141 cm³/mol. The lowest BCUT2D eigenvalue weighted by atomic mass is 10.1. The van der Waals surface area contributed by atoms with Crippen LogP contribution >= 0.6 is 24.0 Å². The number of hydrogen-bond acceptors (Lipinski definition) is 4. The van der Waals surface area contributed by atoms with Crippen molar-refractivity contribution in [2.24, 2.45) is 4.99 Å². The summed E-state index contributed by atoms with van der Waals surface area (Å²) in [5.41, 5.74) is 2.72. The number of aliphatic imine (C=N–C) groups is 1. The summed E-state index contributed by atoms with van der Waals surface area (Å²) in [6.07, 6.45) is 0.172. The molecule has 1 amide bonds. The van der Waals surface area contributed by atoms with E-state index in [-0.39, 0.29) is 42.5 Å². The number of aliphatic hydroxyl groups is 1. The Balaban J connectivity index is 0.00000512. The van der Waals surface area contributed by atoms with E-state index in [0.717, 1.165) is 35.5 Å². The van der Waals surface area contributed by atoms with Gasteiger partial charge in [0.05, 0.1) is 18.8 Å². The van der Waals surface area contributed by atoms with Crippen molar-refractivity contribution in [1.29, 1.82) is 0 Å². The highest BCUT2D eigenvalue weighted by Crippen LogP contribution is 2.20. The van der Waals surface area contributed by atoms with E-state index < -0.39 is 6.10 Å². The molecular weight excluding hydrogens is 519 g/mol. The average Bonchev–Trinajstić information content (AvgIpc) is 2.72. The van der Waals surface area contributed by atoms with Gasteiger partial charge in [-0.3, -0.25) is 9.79 Å². The number of carbonyl (C=O) groups is 1. The molecule has 176 valence electrons. The van der Waals surface area contributed by atoms with Gasteiger partial charge in [0.1, 0.15) is 5.75 Å². The molecule has 0 saturated heterocycles. The standard InChI is InChI=1S/C24H34N4O3.HI/c1-5-25-24(26-14-13-19-9-11-21(12-10-19)28-18(4)29)27-16-23(30)20-7-6-8-22(15-20)31-17(2)3;/h6-12,15,17,23,30H,5,13-14,16H2,1-4H3,(H,28,29)(H2,25,26,27);1H. The first-order valence-corrected chi connectivity index (χ1v) is 10.7. The summed E-state index contributed by atoms with van der Waals surface area (Å²) in [5, 5.41) is 19.8. The maximum absolute atomic E-state index is 11.1. The number of nitrogens with zero attached hydrogens (tertiary/aromatic N) is 1. The molecule has 8 heteroatoms. The Hall–Kier alpha value is -2.33. The van der Waals surface area contributed by atoms with Crippen molar-refractivity contribution < 1.29 is 14.6 Å². The van der Waals surface area contributed by atoms with Crippen molar-refractivity contribution in [2.75, 3.05) is 25.0 Å². The van der Waals surface area contributed by atoms with Crippen LogP contribution in [0.3, 0.4) is 0 Å². The Morgan fingerprint density at radius 2 is 1.84 bits per heavy atom. The number of halogens is 1. The first-order valence-electron chi connectivity index (χ1n) is 10.7. The molecule has 7 nitrogen and oxygen atoms in total. The molecule has 0 saturated carbocycles. The van der Waals surface area contributed by atoms with Gasteiger partial charge in [-0.25, -0.2) is 0 Å². The smallest absolute Gasteiger partial charge is 0.221 e. The summed E-state index contributed by atoms with van der Waals surface area (Å²) < 4.78 is 5.70. The van der Waals surface area contributed by atoms with Gasteiger partial charge in [0.2, 0.25) is 5.91 Å². The fourth-order valence-electron chi connectivity index (χ4n) is 2.98. The Bertz CT molecular complexity index is 857. The van der Waals surface area contributed by atoms with Crippen LogP contribution in [0.5, 0.6) is 5.75 Å². The minimum Gasteiger partial charge on any atom is -0.491 e. The summed E-state index contributed by atoms with van der Waals surface area (Å²) in [6.45, 7) is 9.10. The Morgan fingerprint density at radius 1 is 1.12 bits per heavy atom. The number of rotatable bonds is 10. The Kier molecular flexibility index (Phi) is 12.7. The van der Waals surface area contributed by atoms with Gasteiger partial charge in [0.15, 0.2) is 5.96 Å². The zero-order valence-corrected chi connectivity index (χ0v) is 21.6. The van der Waals surface area contributed by atoms with Crippen molar-refractivity contribution in [3.05, 3.63) is 59.7 Å². The summed E-state index contributed by atoms with van der Waals surface area (Å²) >= 11 is 0. The second kappa shape index (κ2) is 14.7. The van der Waals surface area contributed by atoms with Gasteiger partial charge in [0, 0.05) is 25.7 Å². The van der Waals surface area contributed by atoms with Crippen molar-refractivity contribution in [3.8, 4) is 5.75 Å². The van der Waals surface area contributed by atoms with Gasteiger partial charge in [-0.1, -0.05) is 24.3 Å². The molecule has 1 unspecified atom stereocenters. The molecule has 2 aromatic rings. The molecule has 0 bridgehead atoms. The van der Waals surface area contributed by atoms with Gasteiger partial charge in [0.25, 0.3) is 0 Å². The van der Waals surface area contributed by atoms with Gasteiger partial charge in [-0.15, -0.1) is 24.0 Å². The highest BCUT2D eigenvalue weighted by Gasteiger charge is 2.09. The summed E-state index contributed by atoms with van der Waals surface area (Å²) in [5.74, 6) is 1.32. The molecule has 0 radical (unpaired) electrons. The van der Waals surface area contributed by atoms with Gasteiger partial charge in [-0.2, -0.15) is 0 Å². The van der Waals surface area contributed by atoms with E-state index in [1.165, 1.54) is 6.92 Å². The molecule has 1 atom stereocenters. The topological polar surface area (TPSA) is 95.0 Å². The zero-order chi connectivity index (χ0) is 22.6. The first kappa shape index (κ1) is 27.7. The van der Waals surface area contributed by atoms with E-state index in [9.17, 15) is 9.90 Å². The normalized spacial score (nSPS) is 12.0. The molecular formula is C24H35IN4O3. The van der Waals surface area contributed by atoms with Crippen molar-refractivity contribution in [3.63, 3.8) is 0 Å². The van der Waals surface area contributed by atoms with Crippen LogP contribution in [0.4, 0.5) is 5.69 Å². The lowest BCUT2D eigenvalue weighted by Gasteiger charge is -2.15. The molecule has 2 aromatic carbocycles. The first-order chi connectivity index (χ1) is 14.9. The summed E-state index contributed by atoms with van der Waals surface area (Å²) in [6, 6.07) is 15.3. The van der Waals surface area contributed by atoms with E-state index in [2.05, 4.69) is 20.9 Å². The molecule has 0 aliphatic heterocycles. The van der Waals surface area contributed by atoms with Crippen LogP contribution in [0.15, 0.2) is 53.5 Å². The number of aliphatic hydroxyl groups excluding tert-OH is 1. The largest absolute Gasteiger partial charge is 0.491 e. The molecule has 0 fully saturated rings. The quantitative estimate of drug-likeness (QED) is 0.203. The lowest BCUT2D eigenvalue weighted by Crippen LogP contribution is -2.38. The highest BCUT2D eigenvalue weighted by atomic mass is 127. The number of benzene rings is 2. The molecule has 2 rings (SSSR count). The minimum atomic E-state index is -0.715. The van der Waals surface area contributed by atoms with Crippen molar-refractivity contribution >= 4 is 41.5 Å². The number of guanidine groups is 1. The van der Waals surface area contributed by atoms with Crippen LogP contribution in [-0.4, -0.2) is 42.7 Å². The molecule has 0 aliphatic carbocycles. The highest BCUT2D eigenvalue weighted by molar-refractivity contribution is 14.0. The van der Waals surface area contributed by atoms with E-state index >= 15 is 0 Å². The van der Waals surface area contributed by atoms with Crippen LogP contribution in [-0.2, 0) is 11.2 Å². The molecule has 32 heavy (non-hydrogen) atoms. The van der Waals surface area contributed by atoms with Crippen LogP contribution < -0.4 is 20.7 Å². The summed E-state index contributed by atoms with van der Waals surface area (Å²) in [7, 11) is 0. The van der Waals surface area contributed by atoms with Gasteiger partial charge >= 0.3 is 0 Å². The second-order valence-electron chi connectivity index (χ2n) is 7.53. The van der Waals surface area contributed by atoms with Crippen LogP contribution in [0.2, 0.25) is 0 Å². The van der Waals surface area contributed by atoms with Gasteiger partial charge < -0.3 is 25.8 Å².